The molecule has 0 unspecified atom stereocenters. The molecule has 2 aromatic rings. The van der Waals surface area contributed by atoms with Gasteiger partial charge in [-0.2, -0.15) is 0 Å². The zero-order chi connectivity index (χ0) is 21.2. The van der Waals surface area contributed by atoms with Crippen LogP contribution in [0.3, 0.4) is 0 Å². The maximum atomic E-state index is 14.8. The van der Waals surface area contributed by atoms with Crippen LogP contribution in [-0.4, -0.2) is 33.5 Å². The highest BCUT2D eigenvalue weighted by Crippen LogP contribution is 2.25. The fourth-order valence-corrected chi connectivity index (χ4v) is 4.35. The fourth-order valence-electron chi connectivity index (χ4n) is 3.00. The molecule has 0 spiro atoms. The predicted molar refractivity (Wildman–Crippen MR) is 95.3 cm³/mol. The van der Waals surface area contributed by atoms with Gasteiger partial charge in [-0.1, -0.05) is 12.1 Å². The number of ether oxygens (including phenoxy) is 1. The van der Waals surface area contributed by atoms with Crippen molar-refractivity contribution in [3.63, 3.8) is 0 Å². The summed E-state index contributed by atoms with van der Waals surface area (Å²) in [6.45, 7) is 0.545. The van der Waals surface area contributed by atoms with Crippen LogP contribution in [0.25, 0.3) is 0 Å². The Bertz CT molecular complexity index is 1020. The van der Waals surface area contributed by atoms with Gasteiger partial charge in [-0.25, -0.2) is 30.7 Å². The molecule has 0 aliphatic carbocycles. The lowest BCUT2D eigenvalue weighted by Gasteiger charge is -2.13. The Morgan fingerprint density at radius 3 is 2.62 bits per heavy atom. The number of Topliss-reactive ketones (excluding diaryl/α,β-unsaturated/α-hetero) is 1. The van der Waals surface area contributed by atoms with Crippen molar-refractivity contribution in [3.8, 4) is 0 Å². The van der Waals surface area contributed by atoms with Gasteiger partial charge in [0.1, 0.15) is 10.7 Å². The quantitative estimate of drug-likeness (QED) is 0.539. The molecule has 156 valence electrons. The zero-order valence-electron chi connectivity index (χ0n) is 15.0. The van der Waals surface area contributed by atoms with Gasteiger partial charge in [0.05, 0.1) is 17.7 Å². The second-order valence-corrected chi connectivity index (χ2v) is 8.24. The van der Waals surface area contributed by atoms with Gasteiger partial charge in [0.15, 0.2) is 11.6 Å². The first-order chi connectivity index (χ1) is 13.7. The topological polar surface area (TPSA) is 72.5 Å². The summed E-state index contributed by atoms with van der Waals surface area (Å²) in [5, 5.41) is 0. The summed E-state index contributed by atoms with van der Waals surface area (Å²) in [6.07, 6.45) is -3.12. The lowest BCUT2D eigenvalue weighted by atomic mass is 10.0. The smallest absolute Gasteiger partial charge is 0.266 e. The van der Waals surface area contributed by atoms with Crippen LogP contribution in [0.4, 0.5) is 17.6 Å². The first-order valence-corrected chi connectivity index (χ1v) is 10.2. The van der Waals surface area contributed by atoms with E-state index in [1.165, 1.54) is 6.07 Å². The number of nitrogens with one attached hydrogen (secondary N) is 1. The second kappa shape index (κ2) is 8.60. The Morgan fingerprint density at radius 2 is 1.97 bits per heavy atom. The van der Waals surface area contributed by atoms with Crippen LogP contribution in [0.5, 0.6) is 0 Å². The van der Waals surface area contributed by atoms with Crippen LogP contribution in [0.1, 0.15) is 34.3 Å². The molecule has 0 aromatic heterocycles. The molecule has 2 aromatic carbocycles. The number of ketones is 1. The predicted octanol–water partition coefficient (Wildman–Crippen LogP) is 3.40. The third-order valence-corrected chi connectivity index (χ3v) is 6.00. The first-order valence-electron chi connectivity index (χ1n) is 8.67. The Balaban J connectivity index is 1.85. The summed E-state index contributed by atoms with van der Waals surface area (Å²) in [5.74, 6) is -3.17. The van der Waals surface area contributed by atoms with Crippen molar-refractivity contribution in [2.45, 2.75) is 30.2 Å². The molecule has 1 aliphatic heterocycles. The summed E-state index contributed by atoms with van der Waals surface area (Å²) >= 11 is 0. The van der Waals surface area contributed by atoms with Gasteiger partial charge in [-0.05, 0) is 36.2 Å². The van der Waals surface area contributed by atoms with E-state index >= 15 is 0 Å². The van der Waals surface area contributed by atoms with Crippen molar-refractivity contribution in [2.24, 2.45) is 0 Å². The van der Waals surface area contributed by atoms with Gasteiger partial charge in [0.2, 0.25) is 10.0 Å². The maximum absolute atomic E-state index is 14.8. The molecule has 5 nitrogen and oxygen atoms in total. The van der Waals surface area contributed by atoms with Crippen LogP contribution >= 0.6 is 0 Å². The van der Waals surface area contributed by atoms with Gasteiger partial charge in [0, 0.05) is 19.1 Å². The summed E-state index contributed by atoms with van der Waals surface area (Å²) in [5.41, 5.74) is -1.31. The summed E-state index contributed by atoms with van der Waals surface area (Å²) < 4.78 is 86.2. The molecule has 1 saturated heterocycles. The molecule has 1 N–H and O–H groups in total. The van der Waals surface area contributed by atoms with E-state index in [-0.39, 0.29) is 12.2 Å². The van der Waals surface area contributed by atoms with E-state index in [0.717, 1.165) is 30.3 Å². The summed E-state index contributed by atoms with van der Waals surface area (Å²) in [6, 6.07) is 5.62. The number of carbonyl (C=O) groups is 1. The molecule has 1 heterocycles. The Labute approximate surface area is 164 Å². The van der Waals surface area contributed by atoms with Crippen molar-refractivity contribution in [2.75, 3.05) is 13.2 Å². The van der Waals surface area contributed by atoms with Crippen molar-refractivity contribution in [1.29, 1.82) is 0 Å². The molecule has 0 saturated carbocycles. The largest absolute Gasteiger partial charge is 0.380 e. The van der Waals surface area contributed by atoms with Crippen LogP contribution in [0.15, 0.2) is 41.3 Å². The Hall–Kier alpha value is -2.30. The normalized spacial score (nSPS) is 17.1. The number of alkyl halides is 2. The molecule has 10 heteroatoms. The first kappa shape index (κ1) is 21.4. The van der Waals surface area contributed by atoms with Gasteiger partial charge in [0.25, 0.3) is 6.43 Å². The van der Waals surface area contributed by atoms with Gasteiger partial charge in [-0.3, -0.25) is 4.79 Å². The van der Waals surface area contributed by atoms with E-state index in [1.54, 1.807) is 0 Å². The van der Waals surface area contributed by atoms with Gasteiger partial charge in [-0.15, -0.1) is 0 Å². The Kier molecular flexibility index (Phi) is 6.35. The third-order valence-electron chi connectivity index (χ3n) is 4.46. The van der Waals surface area contributed by atoms with Gasteiger partial charge < -0.3 is 4.74 Å². The van der Waals surface area contributed by atoms with E-state index in [0.29, 0.717) is 13.0 Å². The van der Waals surface area contributed by atoms with E-state index in [9.17, 15) is 30.8 Å². The van der Waals surface area contributed by atoms with Crippen LogP contribution < -0.4 is 4.72 Å². The third kappa shape index (κ3) is 4.82. The molecule has 0 amide bonds. The van der Waals surface area contributed by atoms with Crippen LogP contribution in [-0.2, 0) is 21.2 Å². The molecular weight excluding hydrogens is 414 g/mol. The zero-order valence-corrected chi connectivity index (χ0v) is 15.8. The Morgan fingerprint density at radius 1 is 1.21 bits per heavy atom. The van der Waals surface area contributed by atoms with E-state index in [4.69, 9.17) is 4.74 Å². The molecule has 1 fully saturated rings. The summed E-state index contributed by atoms with van der Waals surface area (Å²) in [4.78, 5) is 11.8. The monoisotopic (exact) mass is 431 g/mol. The highest BCUT2D eigenvalue weighted by molar-refractivity contribution is 7.89. The number of benzene rings is 2. The molecule has 3 rings (SSSR count). The molecule has 29 heavy (non-hydrogen) atoms. The number of rotatable bonds is 7. The standard InChI is InChI=1S/C19H17F4NO4S/c20-15-5-4-11(8-14(15)19(22)23)9-16(25)13-2-1-3-17(18(13)21)29(26,27)24-12-6-7-28-10-12/h1-5,8,12,19,24H,6-7,9-10H2/t12-/m0/s1. The number of sulfonamides is 1. The number of hydrogen-bond donors (Lipinski definition) is 1. The van der Waals surface area contributed by atoms with Crippen molar-refractivity contribution in [3.05, 3.63) is 64.7 Å². The maximum Gasteiger partial charge on any atom is 0.266 e. The van der Waals surface area contributed by atoms with Gasteiger partial charge >= 0.3 is 0 Å². The number of carbonyl (C=O) groups excluding carboxylic acids is 1. The highest BCUT2D eigenvalue weighted by atomic mass is 32.2. The second-order valence-electron chi connectivity index (χ2n) is 6.56. The molecule has 0 bridgehead atoms. The minimum absolute atomic E-state index is 0.0561. The minimum atomic E-state index is -4.23. The highest BCUT2D eigenvalue weighted by Gasteiger charge is 2.28. The van der Waals surface area contributed by atoms with Crippen LogP contribution in [0.2, 0.25) is 0 Å². The van der Waals surface area contributed by atoms with E-state index in [2.05, 4.69) is 4.72 Å². The van der Waals surface area contributed by atoms with Crippen molar-refractivity contribution in [1.82, 2.24) is 4.72 Å². The number of halogens is 4. The van der Waals surface area contributed by atoms with Crippen LogP contribution in [0, 0.1) is 11.6 Å². The lowest BCUT2D eigenvalue weighted by Crippen LogP contribution is -2.35. The van der Waals surface area contributed by atoms with E-state index < -0.39 is 62.4 Å². The average molecular weight is 431 g/mol. The molecular formula is C19H17F4NO4S. The van der Waals surface area contributed by atoms with Crippen molar-refractivity contribution >= 4 is 15.8 Å². The van der Waals surface area contributed by atoms with E-state index in [1.807, 2.05) is 0 Å². The average Bonchev–Trinajstić information content (AvgIpc) is 3.15. The molecule has 1 aliphatic rings. The SMILES string of the molecule is O=C(Cc1ccc(F)c(C(F)F)c1)c1cccc(S(=O)(=O)N[C@H]2CCOC2)c1F. The molecule has 1 atom stereocenters. The summed E-state index contributed by atoms with van der Waals surface area (Å²) in [7, 11) is -4.23. The van der Waals surface area contributed by atoms with Crippen molar-refractivity contribution < 1.29 is 35.5 Å². The molecule has 0 radical (unpaired) electrons. The fraction of sp³-hybridized carbons (Fsp3) is 0.316. The lowest BCUT2D eigenvalue weighted by molar-refractivity contribution is 0.0988. The minimum Gasteiger partial charge on any atom is -0.380 e. The number of hydrogen-bond acceptors (Lipinski definition) is 4.